The van der Waals surface area contributed by atoms with Crippen LogP contribution in [-0.4, -0.2) is 12.6 Å². The summed E-state index contributed by atoms with van der Waals surface area (Å²) < 4.78 is 5.45. The number of fused-ring (bicyclic) bond motifs is 1. The molecule has 1 aliphatic rings. The zero-order valence-corrected chi connectivity index (χ0v) is 8.62. The largest absolute Gasteiger partial charge is 0.493 e. The Morgan fingerprint density at radius 2 is 2.36 bits per heavy atom. The molecule has 2 N–H and O–H groups in total. The van der Waals surface area contributed by atoms with E-state index in [9.17, 15) is 0 Å². The maximum absolute atomic E-state index is 5.73. The average molecular weight is 191 g/mol. The van der Waals surface area contributed by atoms with Crippen molar-refractivity contribution in [2.45, 2.75) is 32.2 Å². The van der Waals surface area contributed by atoms with Crippen molar-refractivity contribution in [3.05, 3.63) is 29.3 Å². The fraction of sp³-hybridized carbons (Fsp3) is 0.500. The molecule has 1 heterocycles. The summed E-state index contributed by atoms with van der Waals surface area (Å²) in [6, 6.07) is 6.77. The second-order valence-corrected chi connectivity index (χ2v) is 4.06. The van der Waals surface area contributed by atoms with Crippen molar-refractivity contribution in [1.29, 1.82) is 0 Å². The predicted molar refractivity (Wildman–Crippen MR) is 57.6 cm³/mol. The summed E-state index contributed by atoms with van der Waals surface area (Å²) in [6.07, 6.45) is 3.19. The van der Waals surface area contributed by atoms with Crippen molar-refractivity contribution < 1.29 is 4.74 Å². The second-order valence-electron chi connectivity index (χ2n) is 4.06. The van der Waals surface area contributed by atoms with Gasteiger partial charge in [-0.2, -0.15) is 0 Å². The quantitative estimate of drug-likeness (QED) is 0.792. The highest BCUT2D eigenvalue weighted by atomic mass is 16.5. The molecule has 1 aliphatic heterocycles. The zero-order valence-electron chi connectivity index (χ0n) is 8.62. The fourth-order valence-electron chi connectivity index (χ4n) is 1.79. The van der Waals surface area contributed by atoms with Gasteiger partial charge >= 0.3 is 0 Å². The van der Waals surface area contributed by atoms with Crippen LogP contribution in [0.1, 0.15) is 24.5 Å². The van der Waals surface area contributed by atoms with Gasteiger partial charge in [-0.05, 0) is 37.0 Å². The standard InChI is InChI=1S/C12H17NO/c1-9(13)2-3-10-4-5-12-11(8-10)6-7-14-12/h4-5,8-9H,2-3,6-7,13H2,1H3/t9-/m0/s1. The van der Waals surface area contributed by atoms with Gasteiger partial charge in [0.05, 0.1) is 6.61 Å². The second kappa shape index (κ2) is 4.01. The van der Waals surface area contributed by atoms with E-state index < -0.39 is 0 Å². The van der Waals surface area contributed by atoms with E-state index in [0.29, 0.717) is 6.04 Å². The van der Waals surface area contributed by atoms with Crippen molar-refractivity contribution in [1.82, 2.24) is 0 Å². The lowest BCUT2D eigenvalue weighted by Crippen LogP contribution is -2.15. The van der Waals surface area contributed by atoms with Crippen LogP contribution in [0, 0.1) is 0 Å². The molecule has 14 heavy (non-hydrogen) atoms. The highest BCUT2D eigenvalue weighted by Crippen LogP contribution is 2.26. The minimum atomic E-state index is 0.291. The van der Waals surface area contributed by atoms with Gasteiger partial charge in [0.25, 0.3) is 0 Å². The Balaban J connectivity index is 2.05. The van der Waals surface area contributed by atoms with Crippen LogP contribution < -0.4 is 10.5 Å². The molecule has 0 fully saturated rings. The summed E-state index contributed by atoms with van der Waals surface area (Å²) >= 11 is 0. The molecule has 76 valence electrons. The third-order valence-electron chi connectivity index (χ3n) is 2.64. The lowest BCUT2D eigenvalue weighted by molar-refractivity contribution is 0.357. The molecular formula is C12H17NO. The molecule has 0 saturated heterocycles. The molecule has 0 bridgehead atoms. The highest BCUT2D eigenvalue weighted by Gasteiger charge is 2.11. The first-order valence-electron chi connectivity index (χ1n) is 5.26. The molecule has 0 radical (unpaired) electrons. The molecular weight excluding hydrogens is 174 g/mol. The van der Waals surface area contributed by atoms with Gasteiger partial charge in [-0.1, -0.05) is 12.1 Å². The summed E-state index contributed by atoms with van der Waals surface area (Å²) in [4.78, 5) is 0. The topological polar surface area (TPSA) is 35.2 Å². The minimum absolute atomic E-state index is 0.291. The third-order valence-corrected chi connectivity index (χ3v) is 2.64. The summed E-state index contributed by atoms with van der Waals surface area (Å²) in [6.45, 7) is 2.89. The Hall–Kier alpha value is -1.02. The number of rotatable bonds is 3. The van der Waals surface area contributed by atoms with Gasteiger partial charge in [0.1, 0.15) is 5.75 Å². The molecule has 2 heteroatoms. The van der Waals surface area contributed by atoms with Gasteiger partial charge in [0.15, 0.2) is 0 Å². The van der Waals surface area contributed by atoms with Crippen LogP contribution in [0.2, 0.25) is 0 Å². The van der Waals surface area contributed by atoms with Gasteiger partial charge in [0, 0.05) is 12.5 Å². The first-order valence-corrected chi connectivity index (χ1v) is 5.26. The number of hydrogen-bond donors (Lipinski definition) is 1. The van der Waals surface area contributed by atoms with E-state index in [2.05, 4.69) is 25.1 Å². The monoisotopic (exact) mass is 191 g/mol. The summed E-state index contributed by atoms with van der Waals surface area (Å²) in [5, 5.41) is 0. The Kier molecular flexibility index (Phi) is 2.73. The molecule has 0 amide bonds. The molecule has 1 aromatic carbocycles. The molecule has 0 spiro atoms. The Bertz CT molecular complexity index is 320. The fourth-order valence-corrected chi connectivity index (χ4v) is 1.79. The van der Waals surface area contributed by atoms with Crippen LogP contribution in [0.4, 0.5) is 0 Å². The molecule has 0 saturated carbocycles. The maximum Gasteiger partial charge on any atom is 0.122 e. The number of benzene rings is 1. The van der Waals surface area contributed by atoms with Crippen LogP contribution in [0.5, 0.6) is 5.75 Å². The van der Waals surface area contributed by atoms with Crippen LogP contribution in [0.3, 0.4) is 0 Å². The van der Waals surface area contributed by atoms with Crippen LogP contribution in [0.25, 0.3) is 0 Å². The van der Waals surface area contributed by atoms with Crippen molar-refractivity contribution in [3.63, 3.8) is 0 Å². The number of nitrogens with two attached hydrogens (primary N) is 1. The Labute approximate surface area is 85.1 Å². The molecule has 2 rings (SSSR count). The average Bonchev–Trinajstić information content (AvgIpc) is 2.61. The van der Waals surface area contributed by atoms with Gasteiger partial charge in [-0.3, -0.25) is 0 Å². The van der Waals surface area contributed by atoms with Crippen molar-refractivity contribution in [2.24, 2.45) is 5.73 Å². The van der Waals surface area contributed by atoms with E-state index in [0.717, 1.165) is 31.6 Å². The van der Waals surface area contributed by atoms with Gasteiger partial charge in [-0.25, -0.2) is 0 Å². The molecule has 0 unspecified atom stereocenters. The Morgan fingerprint density at radius 3 is 3.14 bits per heavy atom. The van der Waals surface area contributed by atoms with Crippen molar-refractivity contribution in [2.75, 3.05) is 6.61 Å². The van der Waals surface area contributed by atoms with Crippen LogP contribution in [0.15, 0.2) is 18.2 Å². The predicted octanol–water partition coefficient (Wildman–Crippen LogP) is 1.90. The number of hydrogen-bond acceptors (Lipinski definition) is 2. The summed E-state index contributed by atoms with van der Waals surface area (Å²) in [7, 11) is 0. The SMILES string of the molecule is C[C@H](N)CCc1ccc2c(c1)CCO2. The maximum atomic E-state index is 5.73. The lowest BCUT2D eigenvalue weighted by atomic mass is 10.0. The molecule has 0 aromatic heterocycles. The first-order chi connectivity index (χ1) is 6.75. The lowest BCUT2D eigenvalue weighted by Gasteiger charge is -2.06. The first kappa shape index (κ1) is 9.53. The molecule has 0 aliphatic carbocycles. The summed E-state index contributed by atoms with van der Waals surface area (Å²) in [5.74, 6) is 1.06. The van der Waals surface area contributed by atoms with E-state index >= 15 is 0 Å². The van der Waals surface area contributed by atoms with E-state index in [-0.39, 0.29) is 0 Å². The van der Waals surface area contributed by atoms with E-state index in [1.807, 2.05) is 0 Å². The minimum Gasteiger partial charge on any atom is -0.493 e. The Morgan fingerprint density at radius 1 is 1.50 bits per heavy atom. The highest BCUT2D eigenvalue weighted by molar-refractivity contribution is 5.39. The smallest absolute Gasteiger partial charge is 0.122 e. The zero-order chi connectivity index (χ0) is 9.97. The van der Waals surface area contributed by atoms with E-state index in [1.165, 1.54) is 11.1 Å². The number of aryl methyl sites for hydroxylation is 1. The van der Waals surface area contributed by atoms with Gasteiger partial charge < -0.3 is 10.5 Å². The van der Waals surface area contributed by atoms with E-state index in [4.69, 9.17) is 10.5 Å². The summed E-state index contributed by atoms with van der Waals surface area (Å²) in [5.41, 5.74) is 8.46. The van der Waals surface area contributed by atoms with Crippen LogP contribution >= 0.6 is 0 Å². The number of ether oxygens (including phenoxy) is 1. The van der Waals surface area contributed by atoms with Crippen LogP contribution in [-0.2, 0) is 12.8 Å². The van der Waals surface area contributed by atoms with Gasteiger partial charge in [0.2, 0.25) is 0 Å². The van der Waals surface area contributed by atoms with E-state index in [1.54, 1.807) is 0 Å². The normalized spacial score (nSPS) is 16.1. The molecule has 1 atom stereocenters. The van der Waals surface area contributed by atoms with Gasteiger partial charge in [-0.15, -0.1) is 0 Å². The molecule has 1 aromatic rings. The third kappa shape index (κ3) is 2.07. The van der Waals surface area contributed by atoms with Crippen molar-refractivity contribution >= 4 is 0 Å². The van der Waals surface area contributed by atoms with Crippen molar-refractivity contribution in [3.8, 4) is 5.75 Å². The molecule has 2 nitrogen and oxygen atoms in total.